The van der Waals surface area contributed by atoms with Crippen molar-refractivity contribution in [3.63, 3.8) is 0 Å². The predicted octanol–water partition coefficient (Wildman–Crippen LogP) is 2.76. The minimum absolute atomic E-state index is 0.250. The first-order valence-corrected chi connectivity index (χ1v) is 5.75. The zero-order valence-corrected chi connectivity index (χ0v) is 9.70. The van der Waals surface area contributed by atoms with Crippen molar-refractivity contribution in [1.29, 1.82) is 0 Å². The Labute approximate surface area is 92.6 Å². The molecule has 2 nitrogen and oxygen atoms in total. The number of ether oxygens (including phenoxy) is 1. The van der Waals surface area contributed by atoms with Crippen LogP contribution in [0.15, 0.2) is 30.3 Å². The number of benzene rings is 1. The summed E-state index contributed by atoms with van der Waals surface area (Å²) in [6.45, 7) is 6.98. The quantitative estimate of drug-likeness (QED) is 0.764. The summed E-state index contributed by atoms with van der Waals surface area (Å²) in [5.41, 5.74) is 1.27. The van der Waals surface area contributed by atoms with Gasteiger partial charge in [0.05, 0.1) is 12.7 Å². The van der Waals surface area contributed by atoms with E-state index in [1.807, 2.05) is 18.2 Å². The summed E-state index contributed by atoms with van der Waals surface area (Å²) in [6, 6.07) is 10.3. The molecule has 1 aromatic carbocycles. The van der Waals surface area contributed by atoms with Crippen LogP contribution in [0.1, 0.15) is 31.9 Å². The minimum atomic E-state index is 0.250. The van der Waals surface area contributed by atoms with E-state index in [1.54, 1.807) is 0 Å². The SMILES string of the molecule is CCC.c1ccc([C@@H]2CNCCO2)cc1. The summed E-state index contributed by atoms with van der Waals surface area (Å²) in [5, 5.41) is 3.31. The molecule has 1 saturated heterocycles. The Morgan fingerprint density at radius 3 is 2.47 bits per heavy atom. The molecule has 0 spiro atoms. The molecule has 1 atom stereocenters. The van der Waals surface area contributed by atoms with Gasteiger partial charge in [-0.3, -0.25) is 0 Å². The highest BCUT2D eigenvalue weighted by atomic mass is 16.5. The molecular weight excluding hydrogens is 186 g/mol. The van der Waals surface area contributed by atoms with Gasteiger partial charge in [-0.15, -0.1) is 0 Å². The lowest BCUT2D eigenvalue weighted by Crippen LogP contribution is -2.33. The van der Waals surface area contributed by atoms with Crippen LogP contribution in [0.5, 0.6) is 0 Å². The van der Waals surface area contributed by atoms with E-state index in [9.17, 15) is 0 Å². The molecule has 1 heterocycles. The number of hydrogen-bond acceptors (Lipinski definition) is 2. The van der Waals surface area contributed by atoms with Crippen LogP contribution >= 0.6 is 0 Å². The molecule has 84 valence electrons. The lowest BCUT2D eigenvalue weighted by Gasteiger charge is -2.23. The van der Waals surface area contributed by atoms with E-state index >= 15 is 0 Å². The molecule has 0 saturated carbocycles. The fraction of sp³-hybridized carbons (Fsp3) is 0.538. The van der Waals surface area contributed by atoms with Crippen molar-refractivity contribution in [1.82, 2.24) is 5.32 Å². The van der Waals surface area contributed by atoms with E-state index in [0.717, 1.165) is 19.7 Å². The Balaban J connectivity index is 0.000000337. The Morgan fingerprint density at radius 1 is 1.27 bits per heavy atom. The van der Waals surface area contributed by atoms with Crippen molar-refractivity contribution in [2.24, 2.45) is 0 Å². The molecule has 1 aromatic rings. The Bertz CT molecular complexity index is 242. The van der Waals surface area contributed by atoms with Crippen molar-refractivity contribution in [2.45, 2.75) is 26.4 Å². The summed E-state index contributed by atoms with van der Waals surface area (Å²) in [5.74, 6) is 0. The third-order valence-corrected chi connectivity index (χ3v) is 2.10. The molecule has 0 unspecified atom stereocenters. The predicted molar refractivity (Wildman–Crippen MR) is 64.0 cm³/mol. The normalized spacial score (nSPS) is 20.3. The van der Waals surface area contributed by atoms with E-state index in [-0.39, 0.29) is 6.10 Å². The summed E-state index contributed by atoms with van der Waals surface area (Å²) >= 11 is 0. The van der Waals surface area contributed by atoms with Gasteiger partial charge >= 0.3 is 0 Å². The van der Waals surface area contributed by atoms with Gasteiger partial charge in [-0.05, 0) is 5.56 Å². The van der Waals surface area contributed by atoms with Crippen LogP contribution in [0.4, 0.5) is 0 Å². The summed E-state index contributed by atoms with van der Waals surface area (Å²) < 4.78 is 5.60. The van der Waals surface area contributed by atoms with Crippen LogP contribution in [0.3, 0.4) is 0 Å². The van der Waals surface area contributed by atoms with Gasteiger partial charge in [0.15, 0.2) is 0 Å². The van der Waals surface area contributed by atoms with Gasteiger partial charge in [-0.1, -0.05) is 50.6 Å². The van der Waals surface area contributed by atoms with E-state index in [2.05, 4.69) is 31.3 Å². The van der Waals surface area contributed by atoms with Crippen molar-refractivity contribution >= 4 is 0 Å². The smallest absolute Gasteiger partial charge is 0.0949 e. The van der Waals surface area contributed by atoms with Crippen LogP contribution < -0.4 is 5.32 Å². The molecule has 2 heteroatoms. The second-order valence-electron chi connectivity index (χ2n) is 3.68. The lowest BCUT2D eigenvalue weighted by atomic mass is 10.1. The van der Waals surface area contributed by atoms with Crippen molar-refractivity contribution in [3.8, 4) is 0 Å². The summed E-state index contributed by atoms with van der Waals surface area (Å²) in [6.07, 6.45) is 1.50. The van der Waals surface area contributed by atoms with Crippen molar-refractivity contribution in [3.05, 3.63) is 35.9 Å². The van der Waals surface area contributed by atoms with Crippen molar-refractivity contribution < 1.29 is 4.74 Å². The molecule has 0 aromatic heterocycles. The molecular formula is C13H21NO. The molecule has 1 aliphatic rings. The number of nitrogens with one attached hydrogen (secondary N) is 1. The van der Waals surface area contributed by atoms with Crippen LogP contribution in [0, 0.1) is 0 Å². The van der Waals surface area contributed by atoms with E-state index in [1.165, 1.54) is 12.0 Å². The molecule has 1 aliphatic heterocycles. The van der Waals surface area contributed by atoms with Crippen LogP contribution in [0.25, 0.3) is 0 Å². The maximum Gasteiger partial charge on any atom is 0.0949 e. The number of morpholine rings is 1. The molecule has 0 bridgehead atoms. The third kappa shape index (κ3) is 4.45. The highest BCUT2D eigenvalue weighted by Crippen LogP contribution is 2.17. The summed E-state index contributed by atoms with van der Waals surface area (Å²) in [4.78, 5) is 0. The minimum Gasteiger partial charge on any atom is -0.371 e. The first-order valence-electron chi connectivity index (χ1n) is 5.75. The summed E-state index contributed by atoms with van der Waals surface area (Å²) in [7, 11) is 0. The van der Waals surface area contributed by atoms with Gasteiger partial charge in [0, 0.05) is 13.1 Å². The lowest BCUT2D eigenvalue weighted by molar-refractivity contribution is 0.0277. The maximum atomic E-state index is 5.60. The molecule has 2 rings (SSSR count). The van der Waals surface area contributed by atoms with Crippen LogP contribution in [-0.4, -0.2) is 19.7 Å². The number of hydrogen-bond donors (Lipinski definition) is 1. The second kappa shape index (κ2) is 7.43. The van der Waals surface area contributed by atoms with Gasteiger partial charge in [0.25, 0.3) is 0 Å². The average molecular weight is 207 g/mol. The average Bonchev–Trinajstić information content (AvgIpc) is 2.32. The number of rotatable bonds is 1. The highest BCUT2D eigenvalue weighted by Gasteiger charge is 2.14. The Kier molecular flexibility index (Phi) is 6.05. The molecule has 0 aliphatic carbocycles. The zero-order valence-electron chi connectivity index (χ0n) is 9.70. The van der Waals surface area contributed by atoms with E-state index in [4.69, 9.17) is 4.74 Å². The fourth-order valence-electron chi connectivity index (χ4n) is 1.45. The largest absolute Gasteiger partial charge is 0.371 e. The molecule has 1 N–H and O–H groups in total. The van der Waals surface area contributed by atoms with Gasteiger partial charge < -0.3 is 10.1 Å². The Hall–Kier alpha value is -0.860. The van der Waals surface area contributed by atoms with Crippen molar-refractivity contribution in [2.75, 3.05) is 19.7 Å². The van der Waals surface area contributed by atoms with Crippen LogP contribution in [0.2, 0.25) is 0 Å². The van der Waals surface area contributed by atoms with E-state index in [0.29, 0.717) is 0 Å². The van der Waals surface area contributed by atoms with E-state index < -0.39 is 0 Å². The monoisotopic (exact) mass is 207 g/mol. The molecule has 0 amide bonds. The van der Waals surface area contributed by atoms with Gasteiger partial charge in [0.1, 0.15) is 0 Å². The van der Waals surface area contributed by atoms with Crippen LogP contribution in [-0.2, 0) is 4.74 Å². The third-order valence-electron chi connectivity index (χ3n) is 2.10. The molecule has 15 heavy (non-hydrogen) atoms. The molecule has 1 fully saturated rings. The Morgan fingerprint density at radius 2 is 1.93 bits per heavy atom. The fourth-order valence-corrected chi connectivity index (χ4v) is 1.45. The first kappa shape index (κ1) is 12.2. The zero-order chi connectivity index (χ0) is 10.9. The first-order chi connectivity index (χ1) is 7.38. The highest BCUT2D eigenvalue weighted by molar-refractivity contribution is 5.18. The standard InChI is InChI=1S/C10H13NO.C3H8/c1-2-4-9(5-3-1)10-8-11-6-7-12-10;1-3-2/h1-5,10-11H,6-8H2;3H2,1-2H3/t10-;/m0./s1. The molecule has 0 radical (unpaired) electrons. The second-order valence-corrected chi connectivity index (χ2v) is 3.68. The topological polar surface area (TPSA) is 21.3 Å². The van der Waals surface area contributed by atoms with Gasteiger partial charge in [-0.2, -0.15) is 0 Å². The maximum absolute atomic E-state index is 5.60. The van der Waals surface area contributed by atoms with Gasteiger partial charge in [-0.25, -0.2) is 0 Å². The van der Waals surface area contributed by atoms with Gasteiger partial charge in [0.2, 0.25) is 0 Å².